The predicted molar refractivity (Wildman–Crippen MR) is 94.2 cm³/mol. The van der Waals surface area contributed by atoms with Crippen molar-refractivity contribution in [3.05, 3.63) is 27.8 Å². The first-order chi connectivity index (χ1) is 11.3. The van der Waals surface area contributed by atoms with Crippen LogP contribution in [0.3, 0.4) is 0 Å². The van der Waals surface area contributed by atoms with Crippen LogP contribution in [-0.4, -0.2) is 73.4 Å². The van der Waals surface area contributed by atoms with Gasteiger partial charge >= 0.3 is 29.6 Å². The molecule has 154 valence electrons. The SMILES string of the molecule is O.O.O.O=C([O-])[C@H]1O[C@@H](Oc2c[nH]c3ccc(Br)c(Cl)c23)[C@H](O)[C@@H](O)[C@@H]1O.[Na+]. The standard InChI is InChI=1S/C14H13BrClNO7.Na.3H2O/c15-4-1-2-5-7(8(4)16)6(3-17-5)23-14-11(20)9(18)10(19)12(24-14)13(21)22;;;;/h1-3,9-12,14,17-20H,(H,21,22);;3*1H2/q;+1;;;/p-1/t9-,10-,11+,12-,14+;;;;/m0..../s1. The number of H-pyrrole nitrogens is 1. The summed E-state index contributed by atoms with van der Waals surface area (Å²) in [5.41, 5.74) is 0.639. The molecule has 2 heterocycles. The fraction of sp³-hybridized carbons (Fsp3) is 0.357. The Kier molecular flexibility index (Phi) is 12.4. The molecule has 0 spiro atoms. The van der Waals surface area contributed by atoms with Gasteiger partial charge in [-0.2, -0.15) is 0 Å². The molecule has 0 aliphatic carbocycles. The number of aliphatic carboxylic acids is 1. The Morgan fingerprint density at radius 3 is 2.36 bits per heavy atom. The summed E-state index contributed by atoms with van der Waals surface area (Å²) in [5.74, 6) is -1.55. The number of carbonyl (C=O) groups excluding carboxylic acids is 1. The Hall–Kier alpha value is -0.480. The number of aromatic amines is 1. The topological polar surface area (TPSA) is 230 Å². The molecule has 3 rings (SSSR count). The molecule has 0 bridgehead atoms. The molecule has 0 unspecified atom stereocenters. The summed E-state index contributed by atoms with van der Waals surface area (Å²) < 4.78 is 11.1. The molecule has 5 atom stereocenters. The Morgan fingerprint density at radius 1 is 1.18 bits per heavy atom. The number of benzene rings is 1. The third-order valence-electron chi connectivity index (χ3n) is 3.75. The summed E-state index contributed by atoms with van der Waals surface area (Å²) in [6.07, 6.45) is -7.23. The van der Waals surface area contributed by atoms with Gasteiger partial charge in [0.05, 0.1) is 21.9 Å². The molecule has 28 heavy (non-hydrogen) atoms. The Bertz CT molecular complexity index is 793. The monoisotopic (exact) mass is 497 g/mol. The Labute approximate surface area is 193 Å². The van der Waals surface area contributed by atoms with Crippen LogP contribution in [0.5, 0.6) is 5.75 Å². The average Bonchev–Trinajstić information content (AvgIpc) is 2.94. The third kappa shape index (κ3) is 5.36. The molecule has 1 aromatic heterocycles. The second-order valence-corrected chi connectivity index (χ2v) is 6.50. The van der Waals surface area contributed by atoms with Crippen molar-refractivity contribution in [2.75, 3.05) is 0 Å². The van der Waals surface area contributed by atoms with Crippen molar-refractivity contribution < 1.29 is 80.7 Å². The molecule has 1 fully saturated rings. The first-order valence-electron chi connectivity index (χ1n) is 6.83. The number of aromatic nitrogens is 1. The van der Waals surface area contributed by atoms with Crippen molar-refractivity contribution in [3.8, 4) is 5.75 Å². The van der Waals surface area contributed by atoms with E-state index in [4.69, 9.17) is 21.1 Å². The van der Waals surface area contributed by atoms with Crippen LogP contribution in [0.4, 0.5) is 0 Å². The number of hydrogen-bond acceptors (Lipinski definition) is 7. The van der Waals surface area contributed by atoms with E-state index in [1.54, 1.807) is 12.1 Å². The normalized spacial score (nSPS) is 26.1. The number of fused-ring (bicyclic) bond motifs is 1. The number of ether oxygens (including phenoxy) is 2. The third-order valence-corrected chi connectivity index (χ3v) is 5.03. The Balaban J connectivity index is 0. The minimum Gasteiger partial charge on any atom is -0.547 e. The quantitative estimate of drug-likeness (QED) is 0.299. The van der Waals surface area contributed by atoms with E-state index in [1.165, 1.54) is 6.20 Å². The number of carbonyl (C=O) groups is 1. The molecule has 0 saturated carbocycles. The zero-order chi connectivity index (χ0) is 17.6. The number of hydrogen-bond donors (Lipinski definition) is 4. The number of aliphatic hydroxyl groups is 3. The van der Waals surface area contributed by atoms with E-state index in [1.807, 2.05) is 0 Å². The molecule has 2 aromatic rings. The van der Waals surface area contributed by atoms with Gasteiger partial charge in [-0.25, -0.2) is 0 Å². The molecule has 1 aliphatic rings. The van der Waals surface area contributed by atoms with Gasteiger partial charge in [-0.1, -0.05) is 11.6 Å². The van der Waals surface area contributed by atoms with Crippen molar-refractivity contribution in [3.63, 3.8) is 0 Å². The minimum atomic E-state index is -1.85. The molecule has 11 nitrogen and oxygen atoms in total. The molecule has 14 heteroatoms. The van der Waals surface area contributed by atoms with Crippen LogP contribution in [0.25, 0.3) is 10.9 Å². The zero-order valence-electron chi connectivity index (χ0n) is 14.3. The number of nitrogens with one attached hydrogen (secondary N) is 1. The second kappa shape index (κ2) is 11.6. The van der Waals surface area contributed by atoms with Crippen molar-refractivity contribution in [2.45, 2.75) is 30.7 Å². The summed E-state index contributed by atoms with van der Waals surface area (Å²) in [5, 5.41) is 41.2. The first kappa shape index (κ1) is 29.7. The van der Waals surface area contributed by atoms with Crippen LogP contribution in [0.1, 0.15) is 0 Å². The van der Waals surface area contributed by atoms with Gasteiger partial charge in [0.15, 0.2) is 0 Å². The number of carboxylic acids is 1. The van der Waals surface area contributed by atoms with E-state index >= 15 is 0 Å². The predicted octanol–water partition coefficient (Wildman–Crippen LogP) is -5.95. The first-order valence-corrected chi connectivity index (χ1v) is 8.00. The molecule has 1 aliphatic heterocycles. The van der Waals surface area contributed by atoms with Crippen LogP contribution in [0.15, 0.2) is 22.8 Å². The molecule has 1 aromatic carbocycles. The summed E-state index contributed by atoms with van der Waals surface area (Å²) in [6.45, 7) is 0. The average molecular weight is 499 g/mol. The molecule has 10 N–H and O–H groups in total. The van der Waals surface area contributed by atoms with E-state index in [9.17, 15) is 25.2 Å². The molecular formula is C14H18BrClNNaO10. The van der Waals surface area contributed by atoms with Gasteiger partial charge < -0.3 is 56.1 Å². The van der Waals surface area contributed by atoms with E-state index in [2.05, 4.69) is 20.9 Å². The number of carboxylic acid groups (broad SMARTS) is 1. The van der Waals surface area contributed by atoms with Gasteiger partial charge in [0.2, 0.25) is 6.29 Å². The van der Waals surface area contributed by atoms with Gasteiger partial charge in [0.25, 0.3) is 0 Å². The number of aliphatic hydroxyl groups excluding tert-OH is 3. The smallest absolute Gasteiger partial charge is 0.547 e. The Morgan fingerprint density at radius 2 is 1.79 bits per heavy atom. The van der Waals surface area contributed by atoms with E-state index in [-0.39, 0.29) is 51.7 Å². The van der Waals surface area contributed by atoms with Crippen molar-refractivity contribution in [1.82, 2.24) is 4.98 Å². The molecule has 0 radical (unpaired) electrons. The molecular weight excluding hydrogens is 480 g/mol. The van der Waals surface area contributed by atoms with Crippen LogP contribution in [-0.2, 0) is 9.53 Å². The summed E-state index contributed by atoms with van der Waals surface area (Å²) >= 11 is 9.49. The van der Waals surface area contributed by atoms with E-state index < -0.39 is 36.7 Å². The van der Waals surface area contributed by atoms with Gasteiger partial charge in [-0.15, -0.1) is 0 Å². The van der Waals surface area contributed by atoms with Crippen LogP contribution >= 0.6 is 27.5 Å². The zero-order valence-corrected chi connectivity index (χ0v) is 18.7. The summed E-state index contributed by atoms with van der Waals surface area (Å²) in [6, 6.07) is 3.46. The van der Waals surface area contributed by atoms with Crippen LogP contribution in [0.2, 0.25) is 5.02 Å². The maximum Gasteiger partial charge on any atom is 1.00 e. The largest absolute Gasteiger partial charge is 1.00 e. The van der Waals surface area contributed by atoms with Gasteiger partial charge in [0, 0.05) is 10.7 Å². The van der Waals surface area contributed by atoms with Crippen LogP contribution < -0.4 is 39.4 Å². The minimum absolute atomic E-state index is 0. The van der Waals surface area contributed by atoms with Crippen molar-refractivity contribution in [1.29, 1.82) is 0 Å². The van der Waals surface area contributed by atoms with Crippen LogP contribution in [0, 0.1) is 0 Å². The van der Waals surface area contributed by atoms with Crippen molar-refractivity contribution >= 4 is 44.4 Å². The number of rotatable bonds is 3. The maximum absolute atomic E-state index is 11.0. The van der Waals surface area contributed by atoms with Gasteiger partial charge in [0.1, 0.15) is 30.2 Å². The summed E-state index contributed by atoms with van der Waals surface area (Å²) in [4.78, 5) is 13.9. The fourth-order valence-electron chi connectivity index (χ4n) is 2.49. The second-order valence-electron chi connectivity index (χ2n) is 5.27. The van der Waals surface area contributed by atoms with Gasteiger partial charge in [-0.3, -0.25) is 0 Å². The maximum atomic E-state index is 11.0. The molecule has 0 amide bonds. The van der Waals surface area contributed by atoms with E-state index in [0.29, 0.717) is 20.4 Å². The van der Waals surface area contributed by atoms with Crippen molar-refractivity contribution in [2.24, 2.45) is 0 Å². The van der Waals surface area contributed by atoms with E-state index in [0.717, 1.165) is 0 Å². The number of halogens is 2. The molecule has 1 saturated heterocycles. The van der Waals surface area contributed by atoms with Gasteiger partial charge in [-0.05, 0) is 28.1 Å². The fourth-order valence-corrected chi connectivity index (χ4v) is 3.07. The summed E-state index contributed by atoms with van der Waals surface area (Å²) in [7, 11) is 0.